The summed E-state index contributed by atoms with van der Waals surface area (Å²) in [5.41, 5.74) is -1.51. The number of aromatic nitrogens is 3. The van der Waals surface area contributed by atoms with E-state index in [0.29, 0.717) is 5.16 Å². The summed E-state index contributed by atoms with van der Waals surface area (Å²) < 4.78 is 1.42. The molecule has 1 fully saturated rings. The third-order valence-corrected chi connectivity index (χ3v) is 4.05. The Morgan fingerprint density at radius 2 is 2.25 bits per heavy atom. The lowest BCUT2D eigenvalue weighted by Crippen LogP contribution is -2.34. The maximum absolute atomic E-state index is 11.1. The minimum atomic E-state index is -0.784. The lowest BCUT2D eigenvalue weighted by atomic mass is 10.3. The minimum absolute atomic E-state index is 0.0593. The second-order valence-electron chi connectivity index (χ2n) is 3.85. The maximum Gasteiger partial charge on any atom is 0.339 e. The van der Waals surface area contributed by atoms with Crippen LogP contribution in [0.4, 0.5) is 0 Å². The Kier molecular flexibility index (Phi) is 3.15. The Hall–Kier alpha value is -1.08. The number of rotatable bonds is 2. The molecule has 16 heavy (non-hydrogen) atoms. The molecular weight excluding hydrogens is 230 g/mol. The number of nitrogens with zero attached hydrogens (tertiary/aromatic N) is 2. The van der Waals surface area contributed by atoms with Gasteiger partial charge in [0.15, 0.2) is 5.16 Å². The molecule has 1 aromatic rings. The van der Waals surface area contributed by atoms with Gasteiger partial charge in [0.1, 0.15) is 0 Å². The van der Waals surface area contributed by atoms with Crippen LogP contribution in [0, 0.1) is 0 Å². The van der Waals surface area contributed by atoms with Crippen molar-refractivity contribution in [1.29, 1.82) is 0 Å². The molecule has 88 valence electrons. The van der Waals surface area contributed by atoms with Gasteiger partial charge in [-0.05, 0) is 19.3 Å². The maximum atomic E-state index is 11.1. The summed E-state index contributed by atoms with van der Waals surface area (Å²) in [5.74, 6) is 0. The third-order valence-electron chi connectivity index (χ3n) is 2.62. The molecule has 2 rings (SSSR count). The van der Waals surface area contributed by atoms with Crippen molar-refractivity contribution in [1.82, 2.24) is 14.8 Å². The molecule has 2 N–H and O–H groups in total. The Bertz CT molecular complexity index is 496. The lowest BCUT2D eigenvalue weighted by Gasteiger charge is -2.14. The van der Waals surface area contributed by atoms with Crippen LogP contribution in [0.25, 0.3) is 0 Å². The molecule has 2 unspecified atom stereocenters. The molecule has 1 aliphatic carbocycles. The summed E-state index contributed by atoms with van der Waals surface area (Å²) in [4.78, 5) is 25.8. The van der Waals surface area contributed by atoms with E-state index in [2.05, 4.69) is 10.1 Å². The van der Waals surface area contributed by atoms with Gasteiger partial charge in [-0.1, -0.05) is 11.8 Å². The lowest BCUT2D eigenvalue weighted by molar-refractivity contribution is 0.188. The summed E-state index contributed by atoms with van der Waals surface area (Å²) in [6.07, 6.45) is 2.32. The zero-order chi connectivity index (χ0) is 11.7. The Balaban J connectivity index is 2.24. The van der Waals surface area contributed by atoms with Crippen LogP contribution in [-0.4, -0.2) is 31.2 Å². The summed E-state index contributed by atoms with van der Waals surface area (Å²) >= 11 is 1.34. The molecule has 1 heterocycles. The van der Waals surface area contributed by atoms with E-state index in [-0.39, 0.29) is 11.4 Å². The molecule has 2 atom stereocenters. The highest BCUT2D eigenvalue weighted by molar-refractivity contribution is 7.99. The van der Waals surface area contributed by atoms with Crippen LogP contribution >= 0.6 is 11.8 Å². The average Bonchev–Trinajstić information content (AvgIpc) is 2.61. The van der Waals surface area contributed by atoms with Crippen molar-refractivity contribution in [2.75, 3.05) is 0 Å². The fourth-order valence-corrected chi connectivity index (χ4v) is 2.93. The molecule has 0 aromatic carbocycles. The van der Waals surface area contributed by atoms with Crippen LogP contribution in [0.15, 0.2) is 14.7 Å². The summed E-state index contributed by atoms with van der Waals surface area (Å²) in [6, 6.07) is 0. The number of aliphatic hydroxyl groups excluding tert-OH is 1. The van der Waals surface area contributed by atoms with Crippen molar-refractivity contribution in [3.63, 3.8) is 0 Å². The first kappa shape index (κ1) is 11.4. The number of thioether (sulfide) groups is 1. The van der Waals surface area contributed by atoms with Crippen molar-refractivity contribution in [2.24, 2.45) is 7.05 Å². The van der Waals surface area contributed by atoms with Gasteiger partial charge in [-0.15, -0.1) is 0 Å². The molecule has 1 aromatic heterocycles. The minimum Gasteiger partial charge on any atom is -0.392 e. The first-order valence-electron chi connectivity index (χ1n) is 5.10. The first-order valence-corrected chi connectivity index (χ1v) is 5.98. The van der Waals surface area contributed by atoms with E-state index in [4.69, 9.17) is 0 Å². The molecule has 0 saturated heterocycles. The Morgan fingerprint density at radius 1 is 1.50 bits per heavy atom. The SMILES string of the molecule is Cn1[nH]c(=O)c(=O)nc1SC1CCCC1O. The van der Waals surface area contributed by atoms with Gasteiger partial charge in [0, 0.05) is 12.3 Å². The number of hydrogen-bond donors (Lipinski definition) is 2. The van der Waals surface area contributed by atoms with Crippen molar-refractivity contribution < 1.29 is 5.11 Å². The van der Waals surface area contributed by atoms with Gasteiger partial charge in [-0.2, -0.15) is 4.98 Å². The second-order valence-corrected chi connectivity index (χ2v) is 5.06. The van der Waals surface area contributed by atoms with E-state index < -0.39 is 11.1 Å². The highest BCUT2D eigenvalue weighted by atomic mass is 32.2. The summed E-state index contributed by atoms with van der Waals surface area (Å²) in [6.45, 7) is 0. The molecule has 6 nitrogen and oxygen atoms in total. The van der Waals surface area contributed by atoms with E-state index in [1.165, 1.54) is 16.4 Å². The molecule has 1 saturated carbocycles. The first-order chi connectivity index (χ1) is 7.58. The number of aromatic amines is 1. The van der Waals surface area contributed by atoms with Crippen molar-refractivity contribution in [3.05, 3.63) is 20.7 Å². The average molecular weight is 243 g/mol. The number of H-pyrrole nitrogens is 1. The zero-order valence-corrected chi connectivity index (χ0v) is 9.66. The predicted octanol–water partition coefficient (Wildman–Crippen LogP) is -0.526. The van der Waals surface area contributed by atoms with Gasteiger partial charge in [0.25, 0.3) is 0 Å². The number of nitrogens with one attached hydrogen (secondary N) is 1. The van der Waals surface area contributed by atoms with Crippen LogP contribution in [0.3, 0.4) is 0 Å². The molecule has 7 heteroatoms. The number of aryl methyl sites for hydroxylation is 1. The summed E-state index contributed by atoms with van der Waals surface area (Å²) in [7, 11) is 1.62. The second kappa shape index (κ2) is 4.42. The van der Waals surface area contributed by atoms with Gasteiger partial charge >= 0.3 is 11.1 Å². The monoisotopic (exact) mass is 243 g/mol. The van der Waals surface area contributed by atoms with Crippen molar-refractivity contribution >= 4 is 11.8 Å². The van der Waals surface area contributed by atoms with Gasteiger partial charge in [0.05, 0.1) is 6.10 Å². The van der Waals surface area contributed by atoms with Gasteiger partial charge < -0.3 is 5.11 Å². The molecular formula is C9H13N3O3S. The van der Waals surface area contributed by atoms with Crippen LogP contribution in [-0.2, 0) is 7.05 Å². The van der Waals surface area contributed by atoms with Crippen LogP contribution in [0.2, 0.25) is 0 Å². The fourth-order valence-electron chi connectivity index (χ4n) is 1.75. The molecule has 0 aliphatic heterocycles. The van der Waals surface area contributed by atoms with Gasteiger partial charge in [-0.3, -0.25) is 19.4 Å². The molecule has 1 aliphatic rings. The summed E-state index contributed by atoms with van der Waals surface area (Å²) in [5, 5.41) is 12.5. The molecule has 0 bridgehead atoms. The number of aliphatic hydroxyl groups is 1. The standard InChI is InChI=1S/C9H13N3O3S/c1-12-9(10-7(14)8(15)11-12)16-6-4-2-3-5(6)13/h5-6,13H,2-4H2,1H3,(H,11,15). The Morgan fingerprint density at radius 3 is 2.88 bits per heavy atom. The van der Waals surface area contributed by atoms with Crippen LogP contribution in [0.1, 0.15) is 19.3 Å². The van der Waals surface area contributed by atoms with E-state index in [1.54, 1.807) is 7.05 Å². The Labute approximate surface area is 95.7 Å². The van der Waals surface area contributed by atoms with Crippen LogP contribution in [0.5, 0.6) is 0 Å². The quantitative estimate of drug-likeness (QED) is 0.682. The number of hydrogen-bond acceptors (Lipinski definition) is 5. The molecule has 0 radical (unpaired) electrons. The van der Waals surface area contributed by atoms with Crippen molar-refractivity contribution in [2.45, 2.75) is 35.8 Å². The highest BCUT2D eigenvalue weighted by Crippen LogP contribution is 2.33. The topological polar surface area (TPSA) is 88.0 Å². The van der Waals surface area contributed by atoms with E-state index in [9.17, 15) is 14.7 Å². The van der Waals surface area contributed by atoms with Crippen molar-refractivity contribution in [3.8, 4) is 0 Å². The highest BCUT2D eigenvalue weighted by Gasteiger charge is 2.27. The van der Waals surface area contributed by atoms with E-state index in [1.807, 2.05) is 0 Å². The normalized spacial score (nSPS) is 24.9. The molecule has 0 amide bonds. The van der Waals surface area contributed by atoms with Crippen LogP contribution < -0.4 is 11.1 Å². The largest absolute Gasteiger partial charge is 0.392 e. The van der Waals surface area contributed by atoms with Gasteiger partial charge in [0.2, 0.25) is 0 Å². The van der Waals surface area contributed by atoms with E-state index >= 15 is 0 Å². The smallest absolute Gasteiger partial charge is 0.339 e. The predicted molar refractivity (Wildman–Crippen MR) is 59.6 cm³/mol. The van der Waals surface area contributed by atoms with Gasteiger partial charge in [-0.25, -0.2) is 0 Å². The zero-order valence-electron chi connectivity index (χ0n) is 8.84. The molecule has 0 spiro atoms. The third kappa shape index (κ3) is 2.19. The fraction of sp³-hybridized carbons (Fsp3) is 0.667. The van der Waals surface area contributed by atoms with E-state index in [0.717, 1.165) is 19.3 Å².